The van der Waals surface area contributed by atoms with Gasteiger partial charge < -0.3 is 0 Å². The molecule has 0 saturated carbocycles. The minimum atomic E-state index is -0.945. The van der Waals surface area contributed by atoms with Crippen LogP contribution in [0.1, 0.15) is 6.92 Å². The second-order valence-electron chi connectivity index (χ2n) is 1.41. The molecule has 5 heteroatoms. The van der Waals surface area contributed by atoms with Gasteiger partial charge in [0.05, 0.1) is 11.8 Å². The lowest BCUT2D eigenvalue weighted by Crippen LogP contribution is -2.01. The predicted molar refractivity (Wildman–Crippen MR) is 30.6 cm³/mol. The quantitative estimate of drug-likeness (QED) is 0.197. The van der Waals surface area contributed by atoms with E-state index >= 15 is 0 Å². The van der Waals surface area contributed by atoms with Crippen LogP contribution < -0.4 is 0 Å². The fourth-order valence-corrected chi connectivity index (χ4v) is 0.248. The Kier molecular flexibility index (Phi) is 3.79. The summed E-state index contributed by atoms with van der Waals surface area (Å²) in [6, 6.07) is 0. The highest BCUT2D eigenvalue weighted by Gasteiger charge is 2.02. The summed E-state index contributed by atoms with van der Waals surface area (Å²) in [6.45, 7) is 1.33. The Balaban J connectivity index is 4.18. The van der Waals surface area contributed by atoms with E-state index in [9.17, 15) is 9.59 Å². The minimum Gasteiger partial charge on any atom is -0.296 e. The van der Waals surface area contributed by atoms with Crippen molar-refractivity contribution in [3.05, 3.63) is 11.8 Å². The van der Waals surface area contributed by atoms with Gasteiger partial charge in [0.2, 0.25) is 6.08 Å². The van der Waals surface area contributed by atoms with Crippen LogP contribution in [0.4, 0.5) is 0 Å². The summed E-state index contributed by atoms with van der Waals surface area (Å²) in [4.78, 5) is 26.0. The summed E-state index contributed by atoms with van der Waals surface area (Å²) in [5.74, 6) is -0.945. The average Bonchev–Trinajstić information content (AvgIpc) is 1.98. The zero-order valence-corrected chi connectivity index (χ0v) is 5.20. The van der Waals surface area contributed by atoms with Crippen LogP contribution in [-0.4, -0.2) is 17.3 Å². The monoisotopic (exact) mass is 143 g/mol. The van der Waals surface area contributed by atoms with Crippen LogP contribution >= 0.6 is 0 Å². The molecule has 0 aromatic rings. The predicted octanol–water partition coefficient (Wildman–Crippen LogP) is 0.242. The van der Waals surface area contributed by atoms with Crippen LogP contribution in [-0.2, 0) is 14.5 Å². The van der Waals surface area contributed by atoms with Crippen molar-refractivity contribution < 1.29 is 19.7 Å². The first-order valence-corrected chi connectivity index (χ1v) is 2.32. The number of nitrogens with zero attached hydrogens (tertiary/aromatic N) is 1. The van der Waals surface area contributed by atoms with Gasteiger partial charge in [0.25, 0.3) is 0 Å². The Morgan fingerprint density at radius 3 is 2.80 bits per heavy atom. The molecule has 0 aromatic heterocycles. The van der Waals surface area contributed by atoms with E-state index in [2.05, 4.69) is 9.88 Å². The van der Waals surface area contributed by atoms with Crippen LogP contribution in [0, 0.1) is 0 Å². The molecule has 0 saturated heterocycles. The van der Waals surface area contributed by atoms with Crippen molar-refractivity contribution >= 4 is 12.0 Å². The second kappa shape index (κ2) is 4.43. The number of isocyanates is 1. The standard InChI is InChI=1S/C5H5NO4/c1-4(2-6-3-7)5(8)10-9/h2,9H,1H3. The Morgan fingerprint density at radius 2 is 2.40 bits per heavy atom. The van der Waals surface area contributed by atoms with Crippen LogP contribution in [0.2, 0.25) is 0 Å². The largest absolute Gasteiger partial charge is 0.370 e. The van der Waals surface area contributed by atoms with E-state index < -0.39 is 5.97 Å². The molecule has 0 aliphatic rings. The van der Waals surface area contributed by atoms with E-state index in [-0.39, 0.29) is 5.57 Å². The lowest BCUT2D eigenvalue weighted by Gasteiger charge is -1.90. The number of hydrogen-bond acceptors (Lipinski definition) is 5. The molecule has 0 aliphatic carbocycles. The van der Waals surface area contributed by atoms with Crippen molar-refractivity contribution in [2.75, 3.05) is 0 Å². The van der Waals surface area contributed by atoms with Gasteiger partial charge in [0.1, 0.15) is 0 Å². The topological polar surface area (TPSA) is 76.0 Å². The van der Waals surface area contributed by atoms with E-state index in [1.54, 1.807) is 0 Å². The highest BCUT2D eigenvalue weighted by molar-refractivity contribution is 5.87. The number of carbonyl (C=O) groups excluding carboxylic acids is 2. The van der Waals surface area contributed by atoms with Crippen molar-refractivity contribution in [2.24, 2.45) is 4.99 Å². The van der Waals surface area contributed by atoms with E-state index in [0.717, 1.165) is 6.20 Å². The number of aliphatic imine (C=N–C) groups is 1. The Hall–Kier alpha value is -1.45. The molecule has 5 nitrogen and oxygen atoms in total. The maximum Gasteiger partial charge on any atom is 0.370 e. The first-order chi connectivity index (χ1) is 4.72. The van der Waals surface area contributed by atoms with Gasteiger partial charge in [0.15, 0.2) is 0 Å². The van der Waals surface area contributed by atoms with E-state index in [1.165, 1.54) is 13.0 Å². The van der Waals surface area contributed by atoms with Gasteiger partial charge in [-0.2, -0.15) is 10.2 Å². The molecule has 0 aromatic carbocycles. The third kappa shape index (κ3) is 2.76. The fourth-order valence-electron chi connectivity index (χ4n) is 0.248. The summed E-state index contributed by atoms with van der Waals surface area (Å²) in [7, 11) is 0. The van der Waals surface area contributed by atoms with Gasteiger partial charge in [-0.05, 0) is 6.92 Å². The van der Waals surface area contributed by atoms with E-state index in [4.69, 9.17) is 5.26 Å². The summed E-state index contributed by atoms with van der Waals surface area (Å²) in [5.41, 5.74) is 0.0193. The summed E-state index contributed by atoms with van der Waals surface area (Å²) in [6.07, 6.45) is 2.12. The van der Waals surface area contributed by atoms with Crippen molar-refractivity contribution in [2.45, 2.75) is 6.92 Å². The molecule has 0 fully saturated rings. The first kappa shape index (κ1) is 8.55. The molecular formula is C5H5NO4. The van der Waals surface area contributed by atoms with E-state index in [0.29, 0.717) is 0 Å². The van der Waals surface area contributed by atoms with Gasteiger partial charge in [-0.25, -0.2) is 9.59 Å². The third-order valence-corrected chi connectivity index (χ3v) is 0.716. The van der Waals surface area contributed by atoms with Crippen molar-refractivity contribution in [1.82, 2.24) is 0 Å². The van der Waals surface area contributed by atoms with Gasteiger partial charge >= 0.3 is 5.97 Å². The van der Waals surface area contributed by atoms with Crippen LogP contribution in [0.5, 0.6) is 0 Å². The highest BCUT2D eigenvalue weighted by Crippen LogP contribution is 1.93. The van der Waals surface area contributed by atoms with E-state index in [1.807, 2.05) is 0 Å². The Morgan fingerprint density at radius 1 is 1.80 bits per heavy atom. The lowest BCUT2D eigenvalue weighted by atomic mass is 10.3. The molecule has 0 radical (unpaired) electrons. The highest BCUT2D eigenvalue weighted by atomic mass is 17.1. The zero-order chi connectivity index (χ0) is 7.98. The zero-order valence-electron chi connectivity index (χ0n) is 5.20. The molecule has 0 atom stereocenters. The molecule has 0 unspecified atom stereocenters. The van der Waals surface area contributed by atoms with Gasteiger partial charge in [-0.15, -0.1) is 0 Å². The van der Waals surface area contributed by atoms with Crippen LogP contribution in [0.25, 0.3) is 0 Å². The van der Waals surface area contributed by atoms with Gasteiger partial charge in [0, 0.05) is 0 Å². The first-order valence-electron chi connectivity index (χ1n) is 2.32. The molecule has 1 N–H and O–H groups in total. The van der Waals surface area contributed by atoms with Crippen molar-refractivity contribution in [3.8, 4) is 0 Å². The third-order valence-electron chi connectivity index (χ3n) is 0.716. The van der Waals surface area contributed by atoms with Gasteiger partial charge in [-0.3, -0.25) is 4.89 Å². The summed E-state index contributed by atoms with van der Waals surface area (Å²) < 4.78 is 0. The minimum absolute atomic E-state index is 0.0193. The maximum absolute atomic E-state index is 10.3. The molecule has 0 spiro atoms. The molecule has 0 heterocycles. The van der Waals surface area contributed by atoms with Crippen molar-refractivity contribution in [1.29, 1.82) is 0 Å². The number of rotatable bonds is 2. The lowest BCUT2D eigenvalue weighted by molar-refractivity contribution is -0.229. The maximum atomic E-state index is 10.3. The molecular weight excluding hydrogens is 138 g/mol. The number of hydrogen-bond donors (Lipinski definition) is 1. The molecule has 0 rings (SSSR count). The molecule has 0 bridgehead atoms. The molecule has 0 amide bonds. The Labute approximate surface area is 56.6 Å². The van der Waals surface area contributed by atoms with Crippen LogP contribution in [0.15, 0.2) is 16.8 Å². The Bertz CT molecular complexity index is 202. The fraction of sp³-hybridized carbons (Fsp3) is 0.200. The molecule has 54 valence electrons. The normalized spacial score (nSPS) is 10.0. The SMILES string of the molecule is CC(=CN=C=O)C(=O)OO. The smallest absolute Gasteiger partial charge is 0.296 e. The average molecular weight is 143 g/mol. The molecule has 0 aliphatic heterocycles. The second-order valence-corrected chi connectivity index (χ2v) is 1.41. The molecule has 10 heavy (non-hydrogen) atoms. The van der Waals surface area contributed by atoms with Gasteiger partial charge in [-0.1, -0.05) is 0 Å². The number of carbonyl (C=O) groups is 1. The van der Waals surface area contributed by atoms with Crippen LogP contribution in [0.3, 0.4) is 0 Å². The summed E-state index contributed by atoms with van der Waals surface area (Å²) in [5, 5.41) is 7.77. The van der Waals surface area contributed by atoms with Crippen molar-refractivity contribution in [3.63, 3.8) is 0 Å². The summed E-state index contributed by atoms with van der Waals surface area (Å²) >= 11 is 0.